The summed E-state index contributed by atoms with van der Waals surface area (Å²) in [5.74, 6) is -0.661. The zero-order valence-electron chi connectivity index (χ0n) is 14.5. The van der Waals surface area contributed by atoms with Crippen LogP contribution >= 0.6 is 12.4 Å². The summed E-state index contributed by atoms with van der Waals surface area (Å²) >= 11 is 0. The number of phenols is 1. The number of hydrogen-bond donors (Lipinski definition) is 3. The SMILES string of the molecule is CCCC(C)(N)C(=O)Nc1cc(S(=O)(=O)N2CCCC2)ccc1O.Cl. The Bertz CT molecular complexity index is 716. The number of nitrogens with zero attached hydrogens (tertiary/aromatic N) is 1. The predicted octanol–water partition coefficient (Wildman–Crippen LogP) is 2.05. The molecule has 2 rings (SSSR count). The largest absolute Gasteiger partial charge is 0.506 e. The number of halogens is 1. The Labute approximate surface area is 155 Å². The van der Waals surface area contributed by atoms with Crippen molar-refractivity contribution in [1.29, 1.82) is 0 Å². The molecular weight excluding hydrogens is 366 g/mol. The normalized spacial score (nSPS) is 17.6. The second-order valence-electron chi connectivity index (χ2n) is 6.41. The van der Waals surface area contributed by atoms with E-state index in [1.807, 2.05) is 6.92 Å². The molecule has 25 heavy (non-hydrogen) atoms. The molecule has 7 nitrogen and oxygen atoms in total. The van der Waals surface area contributed by atoms with Gasteiger partial charge in [0.2, 0.25) is 15.9 Å². The highest BCUT2D eigenvalue weighted by Crippen LogP contribution is 2.30. The standard InChI is InChI=1S/C16H25N3O4S.ClH/c1-3-8-16(2,17)15(21)18-13-11-12(6-7-14(13)20)24(22,23)19-9-4-5-10-19;/h6-7,11,20H,3-5,8-10,17H2,1-2H3,(H,18,21);1H. The highest BCUT2D eigenvalue weighted by molar-refractivity contribution is 7.89. The lowest BCUT2D eigenvalue weighted by Crippen LogP contribution is -2.48. The van der Waals surface area contributed by atoms with E-state index in [1.165, 1.54) is 22.5 Å². The topological polar surface area (TPSA) is 113 Å². The summed E-state index contributed by atoms with van der Waals surface area (Å²) in [6.45, 7) is 4.50. The molecule has 1 aliphatic heterocycles. The molecule has 4 N–H and O–H groups in total. The van der Waals surface area contributed by atoms with E-state index in [9.17, 15) is 18.3 Å². The zero-order valence-corrected chi connectivity index (χ0v) is 16.1. The minimum Gasteiger partial charge on any atom is -0.506 e. The second kappa shape index (κ2) is 8.35. The molecular formula is C16H26ClN3O4S. The molecule has 0 saturated carbocycles. The van der Waals surface area contributed by atoms with E-state index in [1.54, 1.807) is 6.92 Å². The van der Waals surface area contributed by atoms with Crippen molar-refractivity contribution in [3.05, 3.63) is 18.2 Å². The summed E-state index contributed by atoms with van der Waals surface area (Å²) in [6.07, 6.45) is 2.88. The minimum absolute atomic E-state index is 0. The van der Waals surface area contributed by atoms with Gasteiger partial charge in [-0.3, -0.25) is 4.79 Å². The molecule has 142 valence electrons. The first-order valence-electron chi connectivity index (χ1n) is 8.12. The lowest BCUT2D eigenvalue weighted by atomic mass is 9.96. The van der Waals surface area contributed by atoms with E-state index < -0.39 is 21.5 Å². The van der Waals surface area contributed by atoms with Crippen LogP contribution in [-0.4, -0.2) is 42.4 Å². The van der Waals surface area contributed by atoms with Gasteiger partial charge in [0, 0.05) is 13.1 Å². The third kappa shape index (κ3) is 4.84. The lowest BCUT2D eigenvalue weighted by molar-refractivity contribution is -0.120. The molecule has 1 saturated heterocycles. The average Bonchev–Trinajstić information content (AvgIpc) is 3.04. The first-order chi connectivity index (χ1) is 11.2. The molecule has 0 bridgehead atoms. The van der Waals surface area contributed by atoms with Crippen molar-refractivity contribution >= 4 is 34.0 Å². The number of rotatable bonds is 6. The molecule has 1 aliphatic rings. The molecule has 1 amide bonds. The Morgan fingerprint density at radius 1 is 1.36 bits per heavy atom. The first kappa shape index (κ1) is 21.7. The maximum absolute atomic E-state index is 12.6. The Morgan fingerprint density at radius 3 is 2.52 bits per heavy atom. The van der Waals surface area contributed by atoms with Gasteiger partial charge in [0.25, 0.3) is 0 Å². The van der Waals surface area contributed by atoms with E-state index in [-0.39, 0.29) is 28.7 Å². The lowest BCUT2D eigenvalue weighted by Gasteiger charge is -2.23. The summed E-state index contributed by atoms with van der Waals surface area (Å²) in [5.41, 5.74) is 4.93. The van der Waals surface area contributed by atoms with Crippen LogP contribution in [0.25, 0.3) is 0 Å². The number of aromatic hydroxyl groups is 1. The van der Waals surface area contributed by atoms with Gasteiger partial charge in [-0.2, -0.15) is 4.31 Å². The van der Waals surface area contributed by atoms with E-state index in [0.717, 1.165) is 19.3 Å². The summed E-state index contributed by atoms with van der Waals surface area (Å²) in [7, 11) is -3.62. The van der Waals surface area contributed by atoms with Crippen molar-refractivity contribution in [3.8, 4) is 5.75 Å². The van der Waals surface area contributed by atoms with Gasteiger partial charge < -0.3 is 16.2 Å². The Hall–Kier alpha value is -1.35. The van der Waals surface area contributed by atoms with Crippen molar-refractivity contribution in [2.45, 2.75) is 50.0 Å². The molecule has 1 atom stereocenters. The van der Waals surface area contributed by atoms with E-state index in [4.69, 9.17) is 5.73 Å². The van der Waals surface area contributed by atoms with Gasteiger partial charge in [0.05, 0.1) is 16.1 Å². The summed E-state index contributed by atoms with van der Waals surface area (Å²) in [5, 5.41) is 12.5. The second-order valence-corrected chi connectivity index (χ2v) is 8.35. The summed E-state index contributed by atoms with van der Waals surface area (Å²) in [6, 6.07) is 3.89. The zero-order chi connectivity index (χ0) is 18.0. The monoisotopic (exact) mass is 391 g/mol. The number of benzene rings is 1. The molecule has 0 aliphatic carbocycles. The number of carbonyl (C=O) groups is 1. The third-order valence-electron chi connectivity index (χ3n) is 4.21. The molecule has 1 fully saturated rings. The van der Waals surface area contributed by atoms with Crippen LogP contribution in [-0.2, 0) is 14.8 Å². The molecule has 0 spiro atoms. The number of phenolic OH excluding ortho intramolecular Hbond substituents is 1. The molecule has 1 heterocycles. The number of nitrogens with one attached hydrogen (secondary N) is 1. The minimum atomic E-state index is -3.62. The third-order valence-corrected chi connectivity index (χ3v) is 6.10. The van der Waals surface area contributed by atoms with Crippen molar-refractivity contribution in [3.63, 3.8) is 0 Å². The van der Waals surface area contributed by atoms with Crippen LogP contribution in [0.3, 0.4) is 0 Å². The number of anilines is 1. The van der Waals surface area contributed by atoms with Crippen LogP contribution in [0.5, 0.6) is 5.75 Å². The van der Waals surface area contributed by atoms with E-state index in [2.05, 4.69) is 5.32 Å². The predicted molar refractivity (Wildman–Crippen MR) is 99.5 cm³/mol. The van der Waals surface area contributed by atoms with E-state index in [0.29, 0.717) is 19.5 Å². The van der Waals surface area contributed by atoms with Crippen LogP contribution in [0.4, 0.5) is 5.69 Å². The average molecular weight is 392 g/mol. The molecule has 1 aromatic carbocycles. The van der Waals surface area contributed by atoms with Gasteiger partial charge in [0.1, 0.15) is 5.75 Å². The smallest absolute Gasteiger partial charge is 0.244 e. The van der Waals surface area contributed by atoms with Gasteiger partial charge in [-0.15, -0.1) is 12.4 Å². The molecule has 0 aromatic heterocycles. The fraction of sp³-hybridized carbons (Fsp3) is 0.562. The van der Waals surface area contributed by atoms with E-state index >= 15 is 0 Å². The fourth-order valence-electron chi connectivity index (χ4n) is 2.75. The number of carbonyl (C=O) groups excluding carboxylic acids is 1. The summed E-state index contributed by atoms with van der Waals surface area (Å²) < 4.78 is 26.6. The molecule has 0 radical (unpaired) electrons. The Morgan fingerprint density at radius 2 is 1.96 bits per heavy atom. The highest BCUT2D eigenvalue weighted by atomic mass is 35.5. The van der Waals surface area contributed by atoms with Crippen molar-refractivity contribution in [2.75, 3.05) is 18.4 Å². The van der Waals surface area contributed by atoms with Crippen molar-refractivity contribution in [1.82, 2.24) is 4.31 Å². The quantitative estimate of drug-likeness (QED) is 0.642. The molecule has 1 unspecified atom stereocenters. The van der Waals surface area contributed by atoms with Crippen LogP contribution in [0.15, 0.2) is 23.1 Å². The fourth-order valence-corrected chi connectivity index (χ4v) is 4.30. The number of amides is 1. The van der Waals surface area contributed by atoms with Gasteiger partial charge in [-0.25, -0.2) is 8.42 Å². The van der Waals surface area contributed by atoms with Crippen LogP contribution < -0.4 is 11.1 Å². The van der Waals surface area contributed by atoms with Crippen molar-refractivity contribution in [2.24, 2.45) is 5.73 Å². The molecule has 1 aromatic rings. The van der Waals surface area contributed by atoms with Crippen molar-refractivity contribution < 1.29 is 18.3 Å². The Balaban J connectivity index is 0.00000312. The maximum atomic E-state index is 12.6. The maximum Gasteiger partial charge on any atom is 0.244 e. The van der Waals surface area contributed by atoms with Crippen LogP contribution in [0, 0.1) is 0 Å². The van der Waals surface area contributed by atoms with Gasteiger partial charge in [-0.05, 0) is 44.4 Å². The van der Waals surface area contributed by atoms with Gasteiger partial charge in [0.15, 0.2) is 0 Å². The number of sulfonamides is 1. The number of nitrogens with two attached hydrogens (primary N) is 1. The van der Waals surface area contributed by atoms with Crippen LogP contribution in [0.1, 0.15) is 39.5 Å². The summed E-state index contributed by atoms with van der Waals surface area (Å²) in [4.78, 5) is 12.3. The van der Waals surface area contributed by atoms with Crippen LogP contribution in [0.2, 0.25) is 0 Å². The van der Waals surface area contributed by atoms with Gasteiger partial charge in [-0.1, -0.05) is 13.3 Å². The molecule has 9 heteroatoms. The first-order valence-corrected chi connectivity index (χ1v) is 9.56. The number of hydrogen-bond acceptors (Lipinski definition) is 5. The van der Waals surface area contributed by atoms with Gasteiger partial charge >= 0.3 is 0 Å². The Kier molecular flexibility index (Phi) is 7.25. The highest BCUT2D eigenvalue weighted by Gasteiger charge is 2.30.